The maximum Gasteiger partial charge on any atom is 0.401 e. The Balaban J connectivity index is 2.19. The summed E-state index contributed by atoms with van der Waals surface area (Å²) in [7, 11) is 6.13. The summed E-state index contributed by atoms with van der Waals surface area (Å²) in [6.45, 7) is 1.04. The number of hydrogen-bond acceptors (Lipinski definition) is 3. The predicted molar refractivity (Wildman–Crippen MR) is 66.7 cm³/mol. The van der Waals surface area contributed by atoms with E-state index in [1.165, 1.54) is 19.3 Å². The van der Waals surface area contributed by atoms with Gasteiger partial charge in [0.1, 0.15) is 0 Å². The van der Waals surface area contributed by atoms with Gasteiger partial charge in [-0.25, -0.2) is 0 Å². The molecular weight excluding hydrogens is 243 g/mol. The molecule has 1 saturated carbocycles. The van der Waals surface area contributed by atoms with Crippen molar-refractivity contribution in [3.63, 3.8) is 0 Å². The Labute approximate surface area is 107 Å². The molecule has 3 nitrogen and oxygen atoms in total. The van der Waals surface area contributed by atoms with Crippen LogP contribution in [0.4, 0.5) is 13.2 Å². The molecule has 6 heteroatoms. The molecule has 0 amide bonds. The van der Waals surface area contributed by atoms with Crippen LogP contribution in [0, 0.1) is 0 Å². The Morgan fingerprint density at radius 2 is 1.78 bits per heavy atom. The minimum Gasteiger partial charge on any atom is -0.307 e. The lowest BCUT2D eigenvalue weighted by atomic mass is 9.75. The van der Waals surface area contributed by atoms with Crippen molar-refractivity contribution in [2.75, 3.05) is 47.3 Å². The van der Waals surface area contributed by atoms with Gasteiger partial charge in [-0.1, -0.05) is 0 Å². The van der Waals surface area contributed by atoms with Crippen LogP contribution >= 0.6 is 0 Å². The molecule has 0 saturated heterocycles. The van der Waals surface area contributed by atoms with Gasteiger partial charge < -0.3 is 15.1 Å². The minimum atomic E-state index is -4.11. The fraction of sp³-hybridized carbons (Fsp3) is 1.00. The summed E-state index contributed by atoms with van der Waals surface area (Å²) in [5.41, 5.74) is 0.235. The standard InChI is InChI=1S/C12H24F3N3/c1-17(2)11(5-4-6-11)10-18(3)8-7-16-9-12(13,14)15/h16H,4-10H2,1-3H3. The van der Waals surface area contributed by atoms with Gasteiger partial charge in [-0.05, 0) is 40.4 Å². The van der Waals surface area contributed by atoms with E-state index in [0.717, 1.165) is 6.54 Å². The van der Waals surface area contributed by atoms with E-state index >= 15 is 0 Å². The molecule has 1 rings (SSSR count). The van der Waals surface area contributed by atoms with E-state index in [1.54, 1.807) is 0 Å². The Hall–Kier alpha value is -0.330. The molecule has 18 heavy (non-hydrogen) atoms. The van der Waals surface area contributed by atoms with Crippen LogP contribution < -0.4 is 5.32 Å². The van der Waals surface area contributed by atoms with E-state index in [4.69, 9.17) is 0 Å². The van der Waals surface area contributed by atoms with E-state index in [-0.39, 0.29) is 5.54 Å². The van der Waals surface area contributed by atoms with Crippen molar-refractivity contribution in [2.45, 2.75) is 31.0 Å². The van der Waals surface area contributed by atoms with Gasteiger partial charge in [-0.3, -0.25) is 0 Å². The maximum atomic E-state index is 11.9. The van der Waals surface area contributed by atoms with Crippen molar-refractivity contribution in [1.82, 2.24) is 15.1 Å². The fourth-order valence-corrected chi connectivity index (χ4v) is 2.41. The molecule has 0 atom stereocenters. The second kappa shape index (κ2) is 6.21. The van der Waals surface area contributed by atoms with Crippen LogP contribution in [0.1, 0.15) is 19.3 Å². The van der Waals surface area contributed by atoms with Gasteiger partial charge in [0.05, 0.1) is 6.54 Å². The van der Waals surface area contributed by atoms with Crippen molar-refractivity contribution >= 4 is 0 Å². The van der Waals surface area contributed by atoms with E-state index in [9.17, 15) is 13.2 Å². The first-order valence-electron chi connectivity index (χ1n) is 6.39. The Bertz CT molecular complexity index is 249. The van der Waals surface area contributed by atoms with E-state index in [0.29, 0.717) is 13.1 Å². The molecule has 108 valence electrons. The van der Waals surface area contributed by atoms with Crippen molar-refractivity contribution in [2.24, 2.45) is 0 Å². The van der Waals surface area contributed by atoms with Gasteiger partial charge in [0.25, 0.3) is 0 Å². The monoisotopic (exact) mass is 267 g/mol. The highest BCUT2D eigenvalue weighted by atomic mass is 19.4. The molecule has 1 N–H and O–H groups in total. The summed E-state index contributed by atoms with van der Waals surface area (Å²) in [4.78, 5) is 4.36. The summed E-state index contributed by atoms with van der Waals surface area (Å²) in [5, 5.41) is 2.43. The Morgan fingerprint density at radius 3 is 2.17 bits per heavy atom. The molecule has 0 aliphatic heterocycles. The highest BCUT2D eigenvalue weighted by molar-refractivity contribution is 4.97. The molecule has 1 aliphatic carbocycles. The lowest BCUT2D eigenvalue weighted by Gasteiger charge is -2.49. The molecular formula is C12H24F3N3. The van der Waals surface area contributed by atoms with Crippen LogP contribution in [0.5, 0.6) is 0 Å². The number of alkyl halides is 3. The Morgan fingerprint density at radius 1 is 1.17 bits per heavy atom. The molecule has 0 spiro atoms. The van der Waals surface area contributed by atoms with Crippen LogP contribution in [-0.4, -0.2) is 68.8 Å². The van der Waals surface area contributed by atoms with E-state index in [2.05, 4.69) is 29.2 Å². The van der Waals surface area contributed by atoms with Crippen LogP contribution in [0.15, 0.2) is 0 Å². The van der Waals surface area contributed by atoms with Crippen molar-refractivity contribution < 1.29 is 13.2 Å². The van der Waals surface area contributed by atoms with Gasteiger partial charge in [-0.2, -0.15) is 13.2 Å². The van der Waals surface area contributed by atoms with Crippen LogP contribution in [-0.2, 0) is 0 Å². The predicted octanol–water partition coefficient (Wildman–Crippen LogP) is 1.55. The fourth-order valence-electron chi connectivity index (χ4n) is 2.41. The lowest BCUT2D eigenvalue weighted by Crippen LogP contribution is -2.57. The molecule has 1 fully saturated rings. The van der Waals surface area contributed by atoms with Crippen LogP contribution in [0.25, 0.3) is 0 Å². The number of hydrogen-bond donors (Lipinski definition) is 1. The molecule has 1 aliphatic rings. The molecule has 0 aromatic rings. The van der Waals surface area contributed by atoms with E-state index < -0.39 is 12.7 Å². The SMILES string of the molecule is CN(CCNCC(F)(F)F)CC1(N(C)C)CCC1. The highest BCUT2D eigenvalue weighted by Crippen LogP contribution is 2.36. The van der Waals surface area contributed by atoms with Crippen molar-refractivity contribution in [3.05, 3.63) is 0 Å². The van der Waals surface area contributed by atoms with Crippen molar-refractivity contribution in [3.8, 4) is 0 Å². The first-order chi connectivity index (χ1) is 8.25. The quantitative estimate of drug-likeness (QED) is 0.706. The number of likely N-dealkylation sites (N-methyl/N-ethyl adjacent to an activating group) is 2. The average molecular weight is 267 g/mol. The lowest BCUT2D eigenvalue weighted by molar-refractivity contribution is -0.124. The second-order valence-electron chi connectivity index (χ2n) is 5.50. The number of rotatable bonds is 7. The number of nitrogens with zero attached hydrogens (tertiary/aromatic N) is 2. The van der Waals surface area contributed by atoms with Gasteiger partial charge >= 0.3 is 6.18 Å². The van der Waals surface area contributed by atoms with E-state index in [1.807, 2.05) is 7.05 Å². The third kappa shape index (κ3) is 4.74. The molecule has 0 radical (unpaired) electrons. The minimum absolute atomic E-state index is 0.235. The van der Waals surface area contributed by atoms with Gasteiger partial charge in [0, 0.05) is 25.2 Å². The van der Waals surface area contributed by atoms with Crippen LogP contribution in [0.2, 0.25) is 0 Å². The highest BCUT2D eigenvalue weighted by Gasteiger charge is 2.39. The first-order valence-corrected chi connectivity index (χ1v) is 6.39. The normalized spacial score (nSPS) is 19.3. The topological polar surface area (TPSA) is 18.5 Å². The molecule has 0 unspecified atom stereocenters. The van der Waals surface area contributed by atoms with Gasteiger partial charge in [0.2, 0.25) is 0 Å². The summed E-state index contributed by atoms with van der Waals surface area (Å²) in [5.74, 6) is 0. The summed E-state index contributed by atoms with van der Waals surface area (Å²) in [6.07, 6.45) is -0.504. The summed E-state index contributed by atoms with van der Waals surface area (Å²) < 4.78 is 35.8. The van der Waals surface area contributed by atoms with Gasteiger partial charge in [0.15, 0.2) is 0 Å². The zero-order valence-corrected chi connectivity index (χ0v) is 11.5. The van der Waals surface area contributed by atoms with Crippen LogP contribution in [0.3, 0.4) is 0 Å². The molecule has 0 bridgehead atoms. The van der Waals surface area contributed by atoms with Gasteiger partial charge in [-0.15, -0.1) is 0 Å². The second-order valence-corrected chi connectivity index (χ2v) is 5.50. The smallest absolute Gasteiger partial charge is 0.307 e. The van der Waals surface area contributed by atoms with Crippen molar-refractivity contribution in [1.29, 1.82) is 0 Å². The number of halogens is 3. The molecule has 0 aromatic heterocycles. The average Bonchev–Trinajstić information content (AvgIpc) is 2.16. The zero-order valence-electron chi connectivity index (χ0n) is 11.5. The number of nitrogens with one attached hydrogen (secondary N) is 1. The largest absolute Gasteiger partial charge is 0.401 e. The molecule has 0 heterocycles. The molecule has 0 aromatic carbocycles. The summed E-state index contributed by atoms with van der Waals surface area (Å²) >= 11 is 0. The third-order valence-electron chi connectivity index (χ3n) is 3.79. The maximum absolute atomic E-state index is 11.9. The Kier molecular flexibility index (Phi) is 5.43. The third-order valence-corrected chi connectivity index (χ3v) is 3.79. The summed E-state index contributed by atoms with van der Waals surface area (Å²) in [6, 6.07) is 0. The first kappa shape index (κ1) is 15.7. The zero-order chi connectivity index (χ0) is 13.8.